The fraction of sp³-hybridized carbons (Fsp3) is 0.605. The average molecular weight is 734 g/mol. The third-order valence-corrected chi connectivity index (χ3v) is 16.9. The van der Waals surface area contributed by atoms with Crippen molar-refractivity contribution in [3.63, 3.8) is 0 Å². The number of thiophene rings is 1. The van der Waals surface area contributed by atoms with Crippen LogP contribution in [0.3, 0.4) is 0 Å². The van der Waals surface area contributed by atoms with Gasteiger partial charge in [-0.2, -0.15) is 17.5 Å². The van der Waals surface area contributed by atoms with Crippen molar-refractivity contribution in [2.24, 2.45) is 33.5 Å². The largest absolute Gasteiger partial charge is 0.416 e. The molecule has 3 saturated carbocycles. The second kappa shape index (κ2) is 12.1. The third-order valence-electron chi connectivity index (χ3n) is 13.7. The maximum absolute atomic E-state index is 14.7. The molecule has 1 aromatic carbocycles. The molecule has 7 nitrogen and oxygen atoms in total. The molecule has 2 N–H and O–H groups in total. The van der Waals surface area contributed by atoms with Gasteiger partial charge < -0.3 is 14.9 Å². The number of ketones is 1. The van der Waals surface area contributed by atoms with E-state index in [4.69, 9.17) is 4.74 Å². The fourth-order valence-corrected chi connectivity index (χ4v) is 13.8. The molecular weight excluding hydrogens is 688 g/mol. The lowest BCUT2D eigenvalue weighted by Gasteiger charge is -2.71. The normalized spacial score (nSPS) is 37.7. The number of Topliss-reactive ketones (excluding diaryl/α,β-unsaturated/α-hetero) is 1. The van der Waals surface area contributed by atoms with E-state index in [-0.39, 0.29) is 40.1 Å². The Morgan fingerprint density at radius 3 is 2.46 bits per heavy atom. The number of rotatable bonds is 10. The van der Waals surface area contributed by atoms with Crippen molar-refractivity contribution in [3.8, 4) is 0 Å². The van der Waals surface area contributed by atoms with Crippen LogP contribution in [0.15, 0.2) is 69.8 Å². The Bertz CT molecular complexity index is 1830. The monoisotopic (exact) mass is 733 g/mol. The van der Waals surface area contributed by atoms with Crippen molar-refractivity contribution in [2.75, 3.05) is 26.8 Å². The fourth-order valence-electron chi connectivity index (χ4n) is 11.1. The van der Waals surface area contributed by atoms with Crippen LogP contribution in [0.4, 0.5) is 13.2 Å². The second-order valence-electron chi connectivity index (χ2n) is 15.8. The van der Waals surface area contributed by atoms with Crippen LogP contribution in [0, 0.1) is 33.5 Å². The van der Waals surface area contributed by atoms with Gasteiger partial charge >= 0.3 is 6.18 Å². The second-order valence-corrected chi connectivity index (χ2v) is 18.9. The first kappa shape index (κ1) is 36.0. The number of benzene rings is 1. The minimum atomic E-state index is -4.62. The Morgan fingerprint density at radius 2 is 1.76 bits per heavy atom. The van der Waals surface area contributed by atoms with E-state index in [1.54, 1.807) is 24.6 Å². The van der Waals surface area contributed by atoms with Gasteiger partial charge in [0.2, 0.25) is 0 Å². The number of aliphatic hydroxyl groups is 2. The maximum Gasteiger partial charge on any atom is 0.416 e. The zero-order chi connectivity index (χ0) is 36.0. The lowest BCUT2D eigenvalue weighted by Crippen LogP contribution is -2.67. The molecule has 0 saturated heterocycles. The van der Waals surface area contributed by atoms with Crippen molar-refractivity contribution in [3.05, 3.63) is 76.7 Å². The Labute approximate surface area is 296 Å². The van der Waals surface area contributed by atoms with E-state index in [0.717, 1.165) is 29.9 Å². The highest BCUT2D eigenvalue weighted by Crippen LogP contribution is 2.78. The van der Waals surface area contributed by atoms with Gasteiger partial charge in [0.05, 0.1) is 17.3 Å². The Morgan fingerprint density at radius 1 is 1.04 bits per heavy atom. The summed E-state index contributed by atoms with van der Waals surface area (Å²) in [6.45, 7) is 4.64. The number of ether oxygens (including phenoxy) is 1. The molecular formula is C38H46F3NO6S2. The summed E-state index contributed by atoms with van der Waals surface area (Å²) >= 11 is 1.13. The van der Waals surface area contributed by atoms with Gasteiger partial charge in [0, 0.05) is 54.2 Å². The van der Waals surface area contributed by atoms with E-state index in [9.17, 15) is 36.6 Å². The molecule has 12 heteroatoms. The van der Waals surface area contributed by atoms with Gasteiger partial charge in [-0.1, -0.05) is 50.3 Å². The topological polar surface area (TPSA) is 104 Å². The number of carbonyl (C=O) groups is 1. The SMILES string of the molecule is COCCCN(CC1(O)CCC2C34C=CC5(C=C3C(=O)c3cccc(C(F)(F)F)c3)CC(O)CCC5(C)C4CCC21C)S(=O)(=O)c1cccs1. The number of aliphatic hydroxyl groups excluding tert-OH is 1. The number of hydrogen-bond acceptors (Lipinski definition) is 7. The molecule has 2 bridgehead atoms. The number of allylic oxidation sites excluding steroid dienone is 4. The molecule has 272 valence electrons. The molecule has 8 rings (SSSR count). The van der Waals surface area contributed by atoms with E-state index >= 15 is 0 Å². The predicted octanol–water partition coefficient (Wildman–Crippen LogP) is 7.27. The number of fused-ring (bicyclic) bond motifs is 1. The van der Waals surface area contributed by atoms with Crippen LogP contribution in [0.25, 0.3) is 0 Å². The molecule has 2 aromatic rings. The Balaban J connectivity index is 1.33. The summed E-state index contributed by atoms with van der Waals surface area (Å²) in [6.07, 6.45) is 5.29. The summed E-state index contributed by atoms with van der Waals surface area (Å²) in [4.78, 5) is 14.7. The lowest BCUT2D eigenvalue weighted by molar-refractivity contribution is -0.173. The lowest BCUT2D eigenvalue weighted by atomic mass is 9.32. The maximum atomic E-state index is 14.7. The van der Waals surface area contributed by atoms with Crippen LogP contribution in [-0.4, -0.2) is 67.2 Å². The predicted molar refractivity (Wildman–Crippen MR) is 184 cm³/mol. The molecule has 1 aromatic heterocycles. The quantitative estimate of drug-likeness (QED) is 0.151. The Kier molecular flexibility index (Phi) is 8.72. The molecule has 1 heterocycles. The summed E-state index contributed by atoms with van der Waals surface area (Å²) in [5.41, 5.74) is -4.62. The molecule has 0 radical (unpaired) electrons. The number of methoxy groups -OCH3 is 1. The zero-order valence-corrected chi connectivity index (χ0v) is 30.3. The number of halogens is 3. The minimum Gasteiger partial charge on any atom is -0.393 e. The number of carbonyl (C=O) groups excluding carboxylic acids is 1. The molecule has 6 aliphatic carbocycles. The van der Waals surface area contributed by atoms with Gasteiger partial charge in [-0.05, 0) is 92.2 Å². The van der Waals surface area contributed by atoms with Gasteiger partial charge in [0.1, 0.15) is 4.21 Å². The summed E-state index contributed by atoms with van der Waals surface area (Å²) in [5.74, 6) is -0.813. The van der Waals surface area contributed by atoms with Crippen LogP contribution in [0.1, 0.15) is 81.1 Å². The number of sulfonamides is 1. The summed E-state index contributed by atoms with van der Waals surface area (Å²) in [6, 6.07) is 7.84. The number of alkyl halides is 3. The van der Waals surface area contributed by atoms with Crippen molar-refractivity contribution >= 4 is 27.1 Å². The Hall–Kier alpha value is -2.35. The zero-order valence-electron chi connectivity index (χ0n) is 28.7. The first-order valence-corrected chi connectivity index (χ1v) is 19.9. The van der Waals surface area contributed by atoms with Gasteiger partial charge in [-0.3, -0.25) is 4.79 Å². The van der Waals surface area contributed by atoms with Crippen molar-refractivity contribution < 1.29 is 41.3 Å². The van der Waals surface area contributed by atoms with Crippen LogP contribution in [-0.2, 0) is 20.9 Å². The van der Waals surface area contributed by atoms with E-state index in [1.165, 1.54) is 16.4 Å². The number of nitrogens with zero attached hydrogens (tertiary/aromatic N) is 1. The first-order valence-electron chi connectivity index (χ1n) is 17.6. The van der Waals surface area contributed by atoms with Crippen LogP contribution >= 0.6 is 11.3 Å². The highest BCUT2D eigenvalue weighted by atomic mass is 32.2. The van der Waals surface area contributed by atoms with Crippen molar-refractivity contribution in [1.29, 1.82) is 0 Å². The first-order chi connectivity index (χ1) is 23.5. The average Bonchev–Trinajstić information content (AvgIpc) is 3.71. The molecule has 2 spiro atoms. The third kappa shape index (κ3) is 5.10. The standard InChI is InChI=1S/C38H46F3NO6S2/c1-33-13-10-27(43)22-35(33)16-17-37(28(23-35)32(44)25-7-4-8-26(21-25)38(39,40)41)29(33)11-14-34(2)30(37)12-15-36(34,45)24-42(18-6-19-48-3)50(46,47)31-9-5-20-49-31/h4-5,7-9,16-17,20-21,23,27,29-30,43,45H,6,10-15,18-19,22,24H2,1-3H3. The molecule has 3 fully saturated rings. The van der Waals surface area contributed by atoms with Gasteiger partial charge in [0.25, 0.3) is 10.0 Å². The van der Waals surface area contributed by atoms with Gasteiger partial charge in [-0.25, -0.2) is 8.42 Å². The smallest absolute Gasteiger partial charge is 0.393 e. The molecule has 6 aliphatic rings. The highest BCUT2D eigenvalue weighted by molar-refractivity contribution is 7.91. The van der Waals surface area contributed by atoms with Gasteiger partial charge in [-0.15, -0.1) is 11.3 Å². The van der Waals surface area contributed by atoms with Crippen LogP contribution in [0.2, 0.25) is 0 Å². The van der Waals surface area contributed by atoms with E-state index < -0.39 is 55.5 Å². The van der Waals surface area contributed by atoms with Crippen LogP contribution in [0.5, 0.6) is 0 Å². The van der Waals surface area contributed by atoms with E-state index in [2.05, 4.69) is 19.1 Å². The summed E-state index contributed by atoms with van der Waals surface area (Å²) in [5, 5.41) is 25.5. The van der Waals surface area contributed by atoms with Crippen molar-refractivity contribution in [1.82, 2.24) is 4.31 Å². The molecule has 8 unspecified atom stereocenters. The van der Waals surface area contributed by atoms with E-state index in [0.29, 0.717) is 57.1 Å². The molecule has 50 heavy (non-hydrogen) atoms. The summed E-state index contributed by atoms with van der Waals surface area (Å²) in [7, 11) is -2.37. The highest BCUT2D eigenvalue weighted by Gasteiger charge is 2.74. The molecule has 0 aliphatic heterocycles. The molecule has 8 atom stereocenters. The van der Waals surface area contributed by atoms with Crippen LogP contribution < -0.4 is 0 Å². The summed E-state index contributed by atoms with van der Waals surface area (Å²) < 4.78 is 76.3. The number of hydrogen-bond donors (Lipinski definition) is 2. The molecule has 0 amide bonds. The van der Waals surface area contributed by atoms with E-state index in [1.807, 2.05) is 13.0 Å². The van der Waals surface area contributed by atoms with Gasteiger partial charge in [0.15, 0.2) is 5.78 Å². The van der Waals surface area contributed by atoms with Crippen molar-refractivity contribution in [2.45, 2.75) is 87.3 Å². The minimum absolute atomic E-state index is 0.0403.